The topological polar surface area (TPSA) is 80.2 Å². The summed E-state index contributed by atoms with van der Waals surface area (Å²) in [5.74, 6) is -0.361. The Morgan fingerprint density at radius 1 is 1.27 bits per heavy atom. The minimum Gasteiger partial charge on any atom is -0.469 e. The largest absolute Gasteiger partial charge is 0.469 e. The van der Waals surface area contributed by atoms with Gasteiger partial charge in [-0.15, -0.1) is 0 Å². The molecule has 0 unspecified atom stereocenters. The average molecular weight is 419 g/mol. The van der Waals surface area contributed by atoms with Crippen LogP contribution in [0.4, 0.5) is 14.9 Å². The van der Waals surface area contributed by atoms with Gasteiger partial charge in [0.25, 0.3) is 0 Å². The maximum atomic E-state index is 14.1. The third-order valence-corrected chi connectivity index (χ3v) is 4.44. The van der Waals surface area contributed by atoms with Crippen LogP contribution in [0.1, 0.15) is 46.1 Å². The van der Waals surface area contributed by atoms with E-state index in [0.29, 0.717) is 24.6 Å². The number of ether oxygens (including phenoxy) is 2. The number of aliphatic imine (C=N–C) groups is 1. The van der Waals surface area contributed by atoms with Crippen molar-refractivity contribution in [2.75, 3.05) is 25.5 Å². The molecule has 1 aromatic carbocycles. The van der Waals surface area contributed by atoms with E-state index in [2.05, 4.69) is 15.0 Å². The van der Waals surface area contributed by atoms with Crippen LogP contribution in [0.15, 0.2) is 35.0 Å². The second kappa shape index (κ2) is 10.2. The number of nitrogens with one attached hydrogen (secondary N) is 1. The number of amides is 1. The van der Waals surface area contributed by atoms with Crippen LogP contribution in [0.2, 0.25) is 0 Å². The Morgan fingerprint density at radius 3 is 2.50 bits per heavy atom. The molecule has 1 fully saturated rings. The number of likely N-dealkylation sites (tertiary alicyclic amines) is 1. The summed E-state index contributed by atoms with van der Waals surface area (Å²) < 4.78 is 24.1. The van der Waals surface area contributed by atoms with E-state index in [0.717, 1.165) is 18.4 Å². The van der Waals surface area contributed by atoms with Gasteiger partial charge in [0.2, 0.25) is 0 Å². The number of carbonyl (C=O) groups excluding carboxylic acids is 2. The molecular weight excluding hydrogens is 389 g/mol. The van der Waals surface area contributed by atoms with Crippen molar-refractivity contribution in [3.05, 3.63) is 41.4 Å². The number of piperidine rings is 1. The molecule has 1 saturated heterocycles. The van der Waals surface area contributed by atoms with Gasteiger partial charge in [-0.2, -0.15) is 0 Å². The molecule has 1 amide bonds. The lowest BCUT2D eigenvalue weighted by molar-refractivity contribution is -0.139. The maximum Gasteiger partial charge on any atom is 0.410 e. The molecule has 0 aliphatic carbocycles. The number of benzene rings is 1. The number of amidine groups is 1. The number of halogens is 1. The number of methoxy groups -OCH3 is 1. The zero-order chi connectivity index (χ0) is 22.3. The van der Waals surface area contributed by atoms with Gasteiger partial charge < -0.3 is 19.7 Å². The Morgan fingerprint density at radius 2 is 1.93 bits per heavy atom. The number of anilines is 1. The molecule has 2 rings (SSSR count). The van der Waals surface area contributed by atoms with Crippen molar-refractivity contribution in [2.24, 2.45) is 4.99 Å². The van der Waals surface area contributed by atoms with Gasteiger partial charge >= 0.3 is 12.1 Å². The number of esters is 1. The molecule has 1 N–H and O–H groups in total. The molecule has 30 heavy (non-hydrogen) atoms. The summed E-state index contributed by atoms with van der Waals surface area (Å²) in [6.45, 7) is 8.52. The number of hydrogen-bond donors (Lipinski definition) is 1. The van der Waals surface area contributed by atoms with Crippen molar-refractivity contribution in [1.29, 1.82) is 0 Å². The van der Waals surface area contributed by atoms with Crippen LogP contribution in [0.25, 0.3) is 0 Å². The van der Waals surface area contributed by atoms with Gasteiger partial charge in [-0.05, 0) is 63.8 Å². The summed E-state index contributed by atoms with van der Waals surface area (Å²) in [7, 11) is 1.27. The zero-order valence-electron chi connectivity index (χ0n) is 18.3. The molecule has 0 spiro atoms. The fourth-order valence-electron chi connectivity index (χ4n) is 2.86. The molecular formula is C22H30FN3O4. The summed E-state index contributed by atoms with van der Waals surface area (Å²) in [6, 6.07) is 4.56. The molecule has 7 nitrogen and oxygen atoms in total. The highest BCUT2D eigenvalue weighted by Gasteiger charge is 2.24. The van der Waals surface area contributed by atoms with Crippen LogP contribution in [0.3, 0.4) is 0 Å². The highest BCUT2D eigenvalue weighted by atomic mass is 19.1. The molecule has 1 aliphatic rings. The molecule has 8 heteroatoms. The van der Waals surface area contributed by atoms with E-state index in [1.165, 1.54) is 13.2 Å². The second-order valence-corrected chi connectivity index (χ2v) is 8.15. The third-order valence-electron chi connectivity index (χ3n) is 4.44. The van der Waals surface area contributed by atoms with Gasteiger partial charge in [-0.3, -0.25) is 4.79 Å². The highest BCUT2D eigenvalue weighted by Crippen LogP contribution is 2.19. The average Bonchev–Trinajstić information content (AvgIpc) is 2.67. The lowest BCUT2D eigenvalue weighted by Crippen LogP contribution is -2.40. The van der Waals surface area contributed by atoms with E-state index in [-0.39, 0.29) is 18.1 Å². The fraction of sp³-hybridized carbons (Fsp3) is 0.500. The van der Waals surface area contributed by atoms with Crippen LogP contribution in [-0.4, -0.2) is 48.6 Å². The van der Waals surface area contributed by atoms with Crippen molar-refractivity contribution in [3.8, 4) is 0 Å². The van der Waals surface area contributed by atoms with Crippen LogP contribution in [-0.2, 0) is 20.7 Å². The summed E-state index contributed by atoms with van der Waals surface area (Å²) in [4.78, 5) is 29.5. The van der Waals surface area contributed by atoms with E-state index in [9.17, 15) is 14.0 Å². The highest BCUT2D eigenvalue weighted by molar-refractivity contribution is 5.94. The van der Waals surface area contributed by atoms with Crippen LogP contribution in [0, 0.1) is 5.82 Å². The SMILES string of the molecule is COC(=O)Cc1ccc(NC(C)=NC=C2CCN(C(=O)OC(C)(C)C)CC2)cc1F. The van der Waals surface area contributed by atoms with Crippen LogP contribution in [0.5, 0.6) is 0 Å². The Bertz CT molecular complexity index is 833. The minimum absolute atomic E-state index is 0.109. The Labute approximate surface area is 176 Å². The van der Waals surface area contributed by atoms with Gasteiger partial charge in [-0.1, -0.05) is 6.07 Å². The molecule has 0 atom stereocenters. The van der Waals surface area contributed by atoms with E-state index in [4.69, 9.17) is 4.74 Å². The summed E-state index contributed by atoms with van der Waals surface area (Å²) in [5.41, 5.74) is 1.45. The predicted octanol–water partition coefficient (Wildman–Crippen LogP) is 4.29. The van der Waals surface area contributed by atoms with E-state index in [1.54, 1.807) is 30.2 Å². The lowest BCUT2D eigenvalue weighted by Gasteiger charge is -2.30. The molecule has 0 radical (unpaired) electrons. The maximum absolute atomic E-state index is 14.1. The van der Waals surface area contributed by atoms with Crippen molar-refractivity contribution in [2.45, 2.75) is 52.6 Å². The molecule has 0 aromatic heterocycles. The first-order chi connectivity index (χ1) is 14.1. The van der Waals surface area contributed by atoms with Gasteiger partial charge in [0.15, 0.2) is 0 Å². The standard InChI is InChI=1S/C22H30FN3O4/c1-15(25-18-7-6-17(19(23)13-18)12-20(27)29-5)24-14-16-8-10-26(11-9-16)21(28)30-22(2,3)4/h6-7,13-14H,8-12H2,1-5H3,(H,24,25). The molecule has 0 saturated carbocycles. The number of carbonyl (C=O) groups is 2. The molecule has 1 aliphatic heterocycles. The van der Waals surface area contributed by atoms with E-state index < -0.39 is 17.4 Å². The monoisotopic (exact) mass is 419 g/mol. The van der Waals surface area contributed by atoms with Crippen molar-refractivity contribution < 1.29 is 23.5 Å². The smallest absolute Gasteiger partial charge is 0.410 e. The molecule has 0 bridgehead atoms. The van der Waals surface area contributed by atoms with Gasteiger partial charge in [0, 0.05) is 25.0 Å². The fourth-order valence-corrected chi connectivity index (χ4v) is 2.86. The predicted molar refractivity (Wildman–Crippen MR) is 114 cm³/mol. The van der Waals surface area contributed by atoms with E-state index in [1.807, 2.05) is 20.8 Å². The minimum atomic E-state index is -0.503. The zero-order valence-corrected chi connectivity index (χ0v) is 18.3. The van der Waals surface area contributed by atoms with Crippen molar-refractivity contribution in [3.63, 3.8) is 0 Å². The van der Waals surface area contributed by atoms with Crippen molar-refractivity contribution >= 4 is 23.6 Å². The molecule has 1 aromatic rings. The number of hydrogen-bond acceptors (Lipinski definition) is 5. The second-order valence-electron chi connectivity index (χ2n) is 8.15. The summed E-state index contributed by atoms with van der Waals surface area (Å²) >= 11 is 0. The normalized spacial score (nSPS) is 14.9. The van der Waals surface area contributed by atoms with Gasteiger partial charge in [0.1, 0.15) is 17.3 Å². The Hall–Kier alpha value is -2.90. The Balaban J connectivity index is 1.90. The van der Waals surface area contributed by atoms with Crippen LogP contribution >= 0.6 is 0 Å². The summed E-state index contributed by atoms with van der Waals surface area (Å²) in [6.07, 6.45) is 2.85. The quantitative estimate of drug-likeness (QED) is 0.447. The number of nitrogens with zero attached hydrogens (tertiary/aromatic N) is 2. The first kappa shape index (κ1) is 23.4. The van der Waals surface area contributed by atoms with Crippen LogP contribution < -0.4 is 5.32 Å². The summed E-state index contributed by atoms with van der Waals surface area (Å²) in [5, 5.41) is 3.03. The first-order valence-electron chi connectivity index (χ1n) is 9.90. The van der Waals surface area contributed by atoms with Crippen molar-refractivity contribution in [1.82, 2.24) is 4.90 Å². The first-order valence-corrected chi connectivity index (χ1v) is 9.90. The Kier molecular flexibility index (Phi) is 7.97. The van der Waals surface area contributed by atoms with Gasteiger partial charge in [-0.25, -0.2) is 14.2 Å². The number of rotatable bonds is 4. The van der Waals surface area contributed by atoms with Gasteiger partial charge in [0.05, 0.1) is 13.5 Å². The van der Waals surface area contributed by atoms with E-state index >= 15 is 0 Å². The molecule has 164 valence electrons. The molecule has 1 heterocycles. The lowest BCUT2D eigenvalue weighted by atomic mass is 10.1. The third kappa shape index (κ3) is 7.50.